The molecule has 4 aromatic carbocycles. The van der Waals surface area contributed by atoms with E-state index in [-0.39, 0.29) is 24.9 Å². The molecule has 0 aliphatic rings. The maximum absolute atomic E-state index is 13.1. The molecule has 0 spiro atoms. The molecule has 4 aromatic rings. The molecular weight excluding hydrogens is 554 g/mol. The number of hydrogen-bond donors (Lipinski definition) is 2. The summed E-state index contributed by atoms with van der Waals surface area (Å²) in [6.45, 7) is 4.25. The second-order valence-electron chi connectivity index (χ2n) is 10.5. The Hall–Kier alpha value is -5.37. The van der Waals surface area contributed by atoms with E-state index in [9.17, 15) is 14.4 Å². The zero-order valence-corrected chi connectivity index (χ0v) is 25.4. The Labute approximate surface area is 258 Å². The predicted molar refractivity (Wildman–Crippen MR) is 173 cm³/mol. The molecule has 0 fully saturated rings. The summed E-state index contributed by atoms with van der Waals surface area (Å²) in [5.74, 6) is -0.00293. The second-order valence-corrected chi connectivity index (χ2v) is 10.5. The predicted octanol–water partition coefficient (Wildman–Crippen LogP) is 7.00. The van der Waals surface area contributed by atoms with Crippen molar-refractivity contribution in [3.63, 3.8) is 0 Å². The van der Waals surface area contributed by atoms with Crippen molar-refractivity contribution >= 4 is 35.4 Å². The van der Waals surface area contributed by atoms with Gasteiger partial charge in [0.05, 0.1) is 19.2 Å². The third-order valence-electron chi connectivity index (χ3n) is 6.98. The number of para-hydroxylation sites is 1. The van der Waals surface area contributed by atoms with Crippen LogP contribution in [0.5, 0.6) is 5.75 Å². The Morgan fingerprint density at radius 2 is 1.50 bits per heavy atom. The molecule has 3 amide bonds. The highest BCUT2D eigenvalue weighted by atomic mass is 16.5. The van der Waals surface area contributed by atoms with Gasteiger partial charge in [0.15, 0.2) is 0 Å². The Bertz CT molecular complexity index is 1650. The first-order valence-electron chi connectivity index (χ1n) is 14.2. The van der Waals surface area contributed by atoms with Crippen molar-refractivity contribution < 1.29 is 23.9 Å². The number of anilines is 2. The van der Waals surface area contributed by atoms with Crippen LogP contribution in [0.15, 0.2) is 103 Å². The van der Waals surface area contributed by atoms with Crippen molar-refractivity contribution in [3.05, 3.63) is 130 Å². The fourth-order valence-electron chi connectivity index (χ4n) is 4.54. The van der Waals surface area contributed by atoms with Crippen molar-refractivity contribution in [3.8, 4) is 5.75 Å². The zero-order valence-electron chi connectivity index (χ0n) is 25.4. The number of benzene rings is 4. The topological polar surface area (TPSA) is 97.0 Å². The molecule has 0 heterocycles. The van der Waals surface area contributed by atoms with Crippen LogP contribution in [-0.2, 0) is 33.9 Å². The molecule has 0 radical (unpaired) electrons. The molecule has 8 heteroatoms. The van der Waals surface area contributed by atoms with Crippen molar-refractivity contribution in [1.82, 2.24) is 4.90 Å². The summed E-state index contributed by atoms with van der Waals surface area (Å²) >= 11 is 0. The SMILES string of the molecule is COc1cc(CC(=O)N(C)Cc2cccc(C=C(C)C(=O)OCc3ccccc3)c2)ccc1NC(=O)Nc1ccccc1C. The molecule has 0 unspecified atom stereocenters. The number of hydrogen-bond acceptors (Lipinski definition) is 5. The van der Waals surface area contributed by atoms with Gasteiger partial charge in [-0.3, -0.25) is 4.79 Å². The van der Waals surface area contributed by atoms with E-state index in [0.717, 1.165) is 27.8 Å². The largest absolute Gasteiger partial charge is 0.495 e. The van der Waals surface area contributed by atoms with Crippen LogP contribution in [0.4, 0.5) is 16.2 Å². The Balaban J connectivity index is 1.33. The van der Waals surface area contributed by atoms with Crippen molar-refractivity contribution in [2.45, 2.75) is 33.4 Å². The van der Waals surface area contributed by atoms with Crippen LogP contribution in [0.1, 0.15) is 34.7 Å². The third-order valence-corrected chi connectivity index (χ3v) is 6.98. The lowest BCUT2D eigenvalue weighted by molar-refractivity contribution is -0.140. The number of nitrogens with one attached hydrogen (secondary N) is 2. The average Bonchev–Trinajstić information content (AvgIpc) is 3.02. The van der Waals surface area contributed by atoms with E-state index in [1.165, 1.54) is 7.11 Å². The van der Waals surface area contributed by atoms with Crippen LogP contribution in [0.3, 0.4) is 0 Å². The minimum absolute atomic E-state index is 0.0772. The summed E-state index contributed by atoms with van der Waals surface area (Å²) in [7, 11) is 3.27. The molecule has 226 valence electrons. The lowest BCUT2D eigenvalue weighted by atomic mass is 10.1. The molecule has 0 aromatic heterocycles. The lowest BCUT2D eigenvalue weighted by Crippen LogP contribution is -2.27. The first-order valence-corrected chi connectivity index (χ1v) is 14.2. The second kappa shape index (κ2) is 15.2. The van der Waals surface area contributed by atoms with E-state index in [2.05, 4.69) is 10.6 Å². The molecule has 0 atom stereocenters. The smallest absolute Gasteiger partial charge is 0.334 e. The third kappa shape index (κ3) is 9.06. The van der Waals surface area contributed by atoms with Gasteiger partial charge in [0, 0.05) is 24.9 Å². The van der Waals surface area contributed by atoms with Crippen LogP contribution in [0, 0.1) is 6.92 Å². The van der Waals surface area contributed by atoms with Gasteiger partial charge in [0.1, 0.15) is 12.4 Å². The van der Waals surface area contributed by atoms with Gasteiger partial charge < -0.3 is 25.0 Å². The minimum Gasteiger partial charge on any atom is -0.495 e. The minimum atomic E-state index is -0.391. The molecule has 0 saturated heterocycles. The van der Waals surface area contributed by atoms with Gasteiger partial charge in [-0.2, -0.15) is 0 Å². The Morgan fingerprint density at radius 1 is 0.795 bits per heavy atom. The monoisotopic (exact) mass is 591 g/mol. The van der Waals surface area contributed by atoms with Gasteiger partial charge in [-0.05, 0) is 72.0 Å². The van der Waals surface area contributed by atoms with E-state index < -0.39 is 6.03 Å². The Morgan fingerprint density at radius 3 is 2.25 bits per heavy atom. The van der Waals surface area contributed by atoms with E-state index in [0.29, 0.717) is 29.2 Å². The van der Waals surface area contributed by atoms with Crippen molar-refractivity contribution in [1.29, 1.82) is 0 Å². The van der Waals surface area contributed by atoms with Gasteiger partial charge in [-0.1, -0.05) is 72.8 Å². The molecule has 8 nitrogen and oxygen atoms in total. The molecule has 0 saturated carbocycles. The summed E-state index contributed by atoms with van der Waals surface area (Å²) in [5, 5.41) is 5.64. The number of rotatable bonds is 11. The van der Waals surface area contributed by atoms with Crippen molar-refractivity contribution in [2.75, 3.05) is 24.8 Å². The summed E-state index contributed by atoms with van der Waals surface area (Å²) in [4.78, 5) is 39.8. The number of amides is 3. The summed E-state index contributed by atoms with van der Waals surface area (Å²) in [5.41, 5.74) is 6.10. The molecule has 0 aliphatic carbocycles. The quantitative estimate of drug-likeness (QED) is 0.145. The molecule has 2 N–H and O–H groups in total. The van der Waals surface area contributed by atoms with Gasteiger partial charge in [0.25, 0.3) is 0 Å². The van der Waals surface area contributed by atoms with Gasteiger partial charge in [-0.25, -0.2) is 9.59 Å². The standard InChI is InChI=1S/C36H37N3O5/c1-25-11-8-9-16-31(25)37-36(42)38-32-18-17-29(21-33(32)43-4)22-34(40)39(3)23-30-15-10-14-28(20-30)19-26(2)35(41)44-24-27-12-6-5-7-13-27/h5-21H,22-24H2,1-4H3,(H2,37,38,42). The fourth-order valence-corrected chi connectivity index (χ4v) is 4.54. The molecular formula is C36H37N3O5. The molecule has 0 aliphatic heterocycles. The molecule has 4 rings (SSSR count). The van der Waals surface area contributed by atoms with Crippen LogP contribution >= 0.6 is 0 Å². The van der Waals surface area contributed by atoms with E-state index >= 15 is 0 Å². The number of ether oxygens (including phenoxy) is 2. The summed E-state index contributed by atoms with van der Waals surface area (Å²) in [6.07, 6.45) is 1.94. The van der Waals surface area contributed by atoms with Gasteiger partial charge in [0.2, 0.25) is 5.91 Å². The highest BCUT2D eigenvalue weighted by Gasteiger charge is 2.15. The van der Waals surface area contributed by atoms with Gasteiger partial charge in [-0.15, -0.1) is 0 Å². The number of carbonyl (C=O) groups excluding carboxylic acids is 3. The van der Waals surface area contributed by atoms with Crippen LogP contribution in [0.2, 0.25) is 0 Å². The molecule has 44 heavy (non-hydrogen) atoms. The van der Waals surface area contributed by atoms with Crippen molar-refractivity contribution in [2.24, 2.45) is 0 Å². The van der Waals surface area contributed by atoms with Gasteiger partial charge >= 0.3 is 12.0 Å². The highest BCUT2D eigenvalue weighted by Crippen LogP contribution is 2.27. The van der Waals surface area contributed by atoms with Crippen LogP contribution in [-0.4, -0.2) is 37.0 Å². The summed E-state index contributed by atoms with van der Waals surface area (Å²) in [6, 6.07) is 29.6. The van der Waals surface area contributed by atoms with E-state index in [1.54, 1.807) is 43.1 Å². The highest BCUT2D eigenvalue weighted by molar-refractivity contribution is 6.01. The normalized spacial score (nSPS) is 11.0. The lowest BCUT2D eigenvalue weighted by Gasteiger charge is -2.18. The van der Waals surface area contributed by atoms with E-state index in [1.807, 2.05) is 85.8 Å². The van der Waals surface area contributed by atoms with E-state index in [4.69, 9.17) is 9.47 Å². The Kier molecular flexibility index (Phi) is 10.9. The van der Waals surface area contributed by atoms with Crippen LogP contribution in [0.25, 0.3) is 6.08 Å². The zero-order chi connectivity index (χ0) is 31.5. The fraction of sp³-hybridized carbons (Fsp3) is 0.194. The maximum Gasteiger partial charge on any atom is 0.334 e. The number of nitrogens with zero attached hydrogens (tertiary/aromatic N) is 1. The number of methoxy groups -OCH3 is 1. The maximum atomic E-state index is 13.1. The first kappa shape index (κ1) is 31.6. The number of carbonyl (C=O) groups is 3. The number of urea groups is 1. The summed E-state index contributed by atoms with van der Waals surface area (Å²) < 4.78 is 10.9. The van der Waals surface area contributed by atoms with Crippen LogP contribution < -0.4 is 15.4 Å². The number of esters is 1. The average molecular weight is 592 g/mol. The first-order chi connectivity index (χ1) is 21.2. The number of aryl methyl sites for hydroxylation is 1. The number of likely N-dealkylation sites (N-methyl/N-ethyl adjacent to an activating group) is 1. The molecule has 0 bridgehead atoms.